The van der Waals surface area contributed by atoms with Gasteiger partial charge in [-0.1, -0.05) is 18.2 Å². The number of ether oxygens (including phenoxy) is 3. The highest BCUT2D eigenvalue weighted by molar-refractivity contribution is 6.05. The molecule has 0 radical (unpaired) electrons. The van der Waals surface area contributed by atoms with Crippen molar-refractivity contribution >= 4 is 40.9 Å². The molecule has 0 spiro atoms. The van der Waals surface area contributed by atoms with Crippen LogP contribution in [0, 0.1) is 0 Å². The van der Waals surface area contributed by atoms with E-state index >= 15 is 0 Å². The van der Waals surface area contributed by atoms with Crippen molar-refractivity contribution in [2.24, 2.45) is 0 Å². The highest BCUT2D eigenvalue weighted by Crippen LogP contribution is 2.36. The van der Waals surface area contributed by atoms with Gasteiger partial charge in [0, 0.05) is 113 Å². The first-order chi connectivity index (χ1) is 36.0. The Bertz CT molecular complexity index is 2740. The molecule has 0 saturated carbocycles. The zero-order valence-corrected chi connectivity index (χ0v) is 42.4. The molecule has 74 heavy (non-hydrogen) atoms. The molecule has 1 unspecified atom stereocenters. The molecule has 3 aromatic carbocycles. The standard InChI is InChI=1S/C55H67N11O8/c1-38(57-51(69)41-8-6-9-43(34-41)60-55(20-24-63(2)25-21-55)54-59-50(61-62-54)40-18-22-56-23-19-40)39-10-13-45(14-11-39)74-33-5-3-4-30-72-31-7-32-73-37-49(68)65-28-26-64(27-29-65)44-12-15-46-42(35-44)36-66(53(46)71)47-16-17-48(67)58-52(47)70/h6,8-15,18-19,22-23,34-35,38,47,60H,3-5,7,16-17,20-21,24-33,36-37H2,1-2H3,(H,57,69)(H,58,67,70)(H,59,61,62)/t38-,47?/m1/s1. The number of imide groups is 1. The fourth-order valence-electron chi connectivity index (χ4n) is 10.0. The average molecular weight is 1010 g/mol. The van der Waals surface area contributed by atoms with E-state index in [9.17, 15) is 24.0 Å². The van der Waals surface area contributed by atoms with Crippen molar-refractivity contribution in [2.75, 3.05) is 89.6 Å². The van der Waals surface area contributed by atoms with Crippen LogP contribution in [-0.4, -0.2) is 150 Å². The van der Waals surface area contributed by atoms with Crippen LogP contribution in [0.25, 0.3) is 11.4 Å². The second-order valence-corrected chi connectivity index (χ2v) is 19.6. The van der Waals surface area contributed by atoms with E-state index < -0.39 is 17.5 Å². The average Bonchev–Trinajstić information content (AvgIpc) is 4.06. The lowest BCUT2D eigenvalue weighted by atomic mass is 9.86. The zero-order valence-electron chi connectivity index (χ0n) is 42.4. The Morgan fingerprint density at radius 1 is 0.838 bits per heavy atom. The SMILES string of the molecule is C[C@@H](NC(=O)c1cccc(NC2(c3nc(-c4ccncc4)n[nH]3)CCN(C)CC2)c1)c1ccc(OCCCCCOCCCOCC(=O)N2CCN(c3ccc4c(c3)CN(C3CCC(=O)NC3=O)C4=O)CC2)cc1. The third-order valence-corrected chi connectivity index (χ3v) is 14.5. The van der Waals surface area contributed by atoms with Gasteiger partial charge >= 0.3 is 0 Å². The number of fused-ring (bicyclic) bond motifs is 1. The first-order valence-electron chi connectivity index (χ1n) is 25.9. The number of likely N-dealkylation sites (tertiary alicyclic amines) is 1. The Balaban J connectivity index is 0.611. The molecule has 6 heterocycles. The number of pyridine rings is 1. The first-order valence-corrected chi connectivity index (χ1v) is 25.9. The molecule has 2 atom stereocenters. The highest BCUT2D eigenvalue weighted by atomic mass is 16.5. The van der Waals surface area contributed by atoms with Crippen molar-refractivity contribution in [3.63, 3.8) is 0 Å². The van der Waals surface area contributed by atoms with Crippen molar-refractivity contribution in [1.29, 1.82) is 0 Å². The number of unbranched alkanes of at least 4 members (excludes halogenated alkanes) is 2. The van der Waals surface area contributed by atoms with Crippen molar-refractivity contribution in [3.05, 3.63) is 119 Å². The molecule has 4 aliphatic rings. The number of hydrogen-bond acceptors (Lipinski definition) is 14. The van der Waals surface area contributed by atoms with Gasteiger partial charge < -0.3 is 44.4 Å². The van der Waals surface area contributed by atoms with E-state index in [0.29, 0.717) is 88.9 Å². The Labute approximate surface area is 431 Å². The van der Waals surface area contributed by atoms with Gasteiger partial charge in [0.2, 0.25) is 17.7 Å². The number of benzene rings is 3. The van der Waals surface area contributed by atoms with Crippen LogP contribution >= 0.6 is 0 Å². The summed E-state index contributed by atoms with van der Waals surface area (Å²) in [5.74, 6) is 1.06. The van der Waals surface area contributed by atoms with Crippen molar-refractivity contribution in [1.82, 2.24) is 45.5 Å². The molecule has 390 valence electrons. The molecule has 2 aromatic heterocycles. The topological polar surface area (TPSA) is 217 Å². The van der Waals surface area contributed by atoms with Gasteiger partial charge in [-0.2, -0.15) is 5.10 Å². The highest BCUT2D eigenvalue weighted by Gasteiger charge is 2.40. The van der Waals surface area contributed by atoms with Crippen LogP contribution in [0.4, 0.5) is 11.4 Å². The van der Waals surface area contributed by atoms with E-state index in [4.69, 9.17) is 19.2 Å². The number of nitrogens with zero attached hydrogens (tertiary/aromatic N) is 7. The Hall–Kier alpha value is -7.22. The van der Waals surface area contributed by atoms with E-state index in [0.717, 1.165) is 84.8 Å². The number of rotatable bonds is 22. The van der Waals surface area contributed by atoms with Gasteiger partial charge in [-0.05, 0) is 131 Å². The molecule has 4 N–H and O–H groups in total. The number of nitrogens with one attached hydrogen (secondary N) is 4. The summed E-state index contributed by atoms with van der Waals surface area (Å²) in [4.78, 5) is 80.5. The fourth-order valence-corrected chi connectivity index (χ4v) is 10.0. The van der Waals surface area contributed by atoms with Gasteiger partial charge in [0.15, 0.2) is 11.6 Å². The molecule has 19 heteroatoms. The summed E-state index contributed by atoms with van der Waals surface area (Å²) < 4.78 is 17.5. The van der Waals surface area contributed by atoms with Gasteiger partial charge in [0.05, 0.1) is 18.2 Å². The van der Waals surface area contributed by atoms with E-state index in [1.165, 1.54) is 0 Å². The monoisotopic (exact) mass is 1010 g/mol. The summed E-state index contributed by atoms with van der Waals surface area (Å²) in [7, 11) is 2.12. The maximum Gasteiger partial charge on any atom is 0.255 e. The number of piperidine rings is 2. The molecule has 0 bridgehead atoms. The number of anilines is 2. The van der Waals surface area contributed by atoms with Gasteiger partial charge in [-0.15, -0.1) is 0 Å². The maximum atomic E-state index is 13.6. The second-order valence-electron chi connectivity index (χ2n) is 19.6. The number of carbonyl (C=O) groups is 5. The third kappa shape index (κ3) is 12.7. The number of hydrogen-bond donors (Lipinski definition) is 4. The molecule has 19 nitrogen and oxygen atoms in total. The van der Waals surface area contributed by atoms with Crippen LogP contribution in [-0.2, 0) is 35.9 Å². The maximum absolute atomic E-state index is 13.6. The molecule has 5 aromatic rings. The lowest BCUT2D eigenvalue weighted by Gasteiger charge is -2.40. The Morgan fingerprint density at radius 3 is 2.38 bits per heavy atom. The molecular formula is C55H67N11O8. The van der Waals surface area contributed by atoms with E-state index in [1.54, 1.807) is 17.3 Å². The minimum absolute atomic E-state index is 0.0329. The lowest BCUT2D eigenvalue weighted by molar-refractivity contribution is -0.137. The largest absolute Gasteiger partial charge is 0.494 e. The van der Waals surface area contributed by atoms with Crippen LogP contribution in [0.1, 0.15) is 102 Å². The Morgan fingerprint density at radius 2 is 1.59 bits per heavy atom. The number of carbonyl (C=O) groups excluding carboxylic acids is 5. The minimum Gasteiger partial charge on any atom is -0.494 e. The summed E-state index contributed by atoms with van der Waals surface area (Å²) in [5.41, 5.74) is 5.21. The second kappa shape index (κ2) is 24.2. The third-order valence-electron chi connectivity index (χ3n) is 14.5. The minimum atomic E-state index is -0.643. The number of aromatic nitrogens is 4. The molecule has 4 aliphatic heterocycles. The van der Waals surface area contributed by atoms with Gasteiger partial charge in [-0.25, -0.2) is 4.98 Å². The van der Waals surface area contributed by atoms with E-state index in [1.807, 2.05) is 90.7 Å². The smallest absolute Gasteiger partial charge is 0.255 e. The number of amides is 5. The van der Waals surface area contributed by atoms with Crippen LogP contribution in [0.3, 0.4) is 0 Å². The number of H-pyrrole nitrogens is 1. The van der Waals surface area contributed by atoms with Crippen molar-refractivity contribution in [2.45, 2.75) is 82.5 Å². The normalized spacial score (nSPS) is 18.2. The van der Waals surface area contributed by atoms with Crippen molar-refractivity contribution in [3.8, 4) is 17.1 Å². The predicted molar refractivity (Wildman–Crippen MR) is 277 cm³/mol. The zero-order chi connectivity index (χ0) is 51.4. The van der Waals surface area contributed by atoms with Gasteiger partial charge in [0.25, 0.3) is 11.8 Å². The van der Waals surface area contributed by atoms with Gasteiger partial charge in [0.1, 0.15) is 18.4 Å². The lowest BCUT2D eigenvalue weighted by Crippen LogP contribution is -2.52. The quantitative estimate of drug-likeness (QED) is 0.0500. The van der Waals surface area contributed by atoms with E-state index in [-0.39, 0.29) is 42.7 Å². The van der Waals surface area contributed by atoms with Crippen LogP contribution < -0.4 is 25.6 Å². The molecule has 3 saturated heterocycles. The molecule has 5 amide bonds. The Kier molecular flexibility index (Phi) is 16.9. The predicted octanol–water partition coefficient (Wildman–Crippen LogP) is 5.47. The summed E-state index contributed by atoms with van der Waals surface area (Å²) in [6.07, 6.45) is 9.13. The molecule has 9 rings (SSSR count). The fraction of sp³-hybridized carbons (Fsp3) is 0.455. The van der Waals surface area contributed by atoms with E-state index in [2.05, 4.69) is 48.0 Å². The summed E-state index contributed by atoms with van der Waals surface area (Å²) in [6, 6.07) is 24.1. The van der Waals surface area contributed by atoms with Crippen molar-refractivity contribution < 1.29 is 38.2 Å². The van der Waals surface area contributed by atoms with Crippen LogP contribution in [0.15, 0.2) is 91.3 Å². The summed E-state index contributed by atoms with van der Waals surface area (Å²) in [5, 5.41) is 17.0. The van der Waals surface area contributed by atoms with Crippen LogP contribution in [0.2, 0.25) is 0 Å². The molecular weight excluding hydrogens is 943 g/mol. The number of piperazine rings is 1. The van der Waals surface area contributed by atoms with Crippen LogP contribution in [0.5, 0.6) is 5.75 Å². The first kappa shape index (κ1) is 51.7. The molecule has 3 fully saturated rings. The van der Waals surface area contributed by atoms with Gasteiger partial charge in [-0.3, -0.25) is 39.4 Å². The summed E-state index contributed by atoms with van der Waals surface area (Å²) in [6.45, 7) is 8.81. The number of aromatic amines is 1. The molecule has 0 aliphatic carbocycles. The summed E-state index contributed by atoms with van der Waals surface area (Å²) >= 11 is 0.